The van der Waals surface area contributed by atoms with E-state index < -0.39 is 0 Å². The Morgan fingerprint density at radius 2 is 1.58 bits per heavy atom. The summed E-state index contributed by atoms with van der Waals surface area (Å²) in [5, 5.41) is 0.939. The maximum atomic E-state index is 13.1. The summed E-state index contributed by atoms with van der Waals surface area (Å²) in [6.45, 7) is 0.524. The van der Waals surface area contributed by atoms with Gasteiger partial charge in [0.05, 0.1) is 16.6 Å². The number of amides is 1. The average molecular weight is 382 g/mol. The molecule has 1 heterocycles. The normalized spacial score (nSPS) is 16.9. The molecule has 1 unspecified atom stereocenters. The number of hydrogen-bond donors (Lipinski definition) is 0. The number of hydrogen-bond acceptors (Lipinski definition) is 1. The second kappa shape index (κ2) is 7.14. The van der Waals surface area contributed by atoms with Gasteiger partial charge in [0.1, 0.15) is 0 Å². The Bertz CT molecular complexity index is 955. The van der Waals surface area contributed by atoms with E-state index in [1.54, 1.807) is 17.0 Å². The van der Waals surface area contributed by atoms with Crippen LogP contribution in [0.25, 0.3) is 0 Å². The lowest BCUT2D eigenvalue weighted by atomic mass is 9.86. The molecule has 0 bridgehead atoms. The van der Waals surface area contributed by atoms with Gasteiger partial charge in [0, 0.05) is 18.0 Å². The maximum Gasteiger partial charge on any atom is 0.228 e. The van der Waals surface area contributed by atoms with Gasteiger partial charge in [-0.1, -0.05) is 77.8 Å². The van der Waals surface area contributed by atoms with E-state index in [4.69, 9.17) is 23.2 Å². The first-order valence-electron chi connectivity index (χ1n) is 8.51. The summed E-state index contributed by atoms with van der Waals surface area (Å²) in [4.78, 5) is 14.9. The second-order valence-electron chi connectivity index (χ2n) is 6.44. The third-order valence-corrected chi connectivity index (χ3v) is 5.59. The molecule has 1 atom stereocenters. The number of carbonyl (C=O) groups excluding carboxylic acids is 1. The Hall–Kier alpha value is -2.29. The molecule has 0 saturated heterocycles. The SMILES string of the molecule is O=C1CC(c2ccccc2)c2ccccc2CN1c1ccc(Cl)c(Cl)c1. The largest absolute Gasteiger partial charge is 0.308 e. The van der Waals surface area contributed by atoms with Crippen molar-refractivity contribution in [1.29, 1.82) is 0 Å². The van der Waals surface area contributed by atoms with Gasteiger partial charge in [0.25, 0.3) is 0 Å². The number of rotatable bonds is 2. The predicted molar refractivity (Wildman–Crippen MR) is 107 cm³/mol. The summed E-state index contributed by atoms with van der Waals surface area (Å²) in [7, 11) is 0. The zero-order valence-corrected chi connectivity index (χ0v) is 15.5. The molecule has 26 heavy (non-hydrogen) atoms. The number of anilines is 1. The van der Waals surface area contributed by atoms with Crippen molar-refractivity contribution in [1.82, 2.24) is 0 Å². The van der Waals surface area contributed by atoms with E-state index in [2.05, 4.69) is 24.3 Å². The molecule has 0 saturated carbocycles. The van der Waals surface area contributed by atoms with Crippen molar-refractivity contribution in [3.63, 3.8) is 0 Å². The quantitative estimate of drug-likeness (QED) is 0.527. The molecule has 1 aliphatic heterocycles. The maximum absolute atomic E-state index is 13.1. The van der Waals surface area contributed by atoms with E-state index in [-0.39, 0.29) is 11.8 Å². The molecule has 0 fully saturated rings. The highest BCUT2D eigenvalue weighted by molar-refractivity contribution is 6.42. The van der Waals surface area contributed by atoms with E-state index >= 15 is 0 Å². The van der Waals surface area contributed by atoms with Crippen LogP contribution in [0.15, 0.2) is 72.8 Å². The highest BCUT2D eigenvalue weighted by Crippen LogP contribution is 2.37. The average Bonchev–Trinajstić information content (AvgIpc) is 2.82. The Morgan fingerprint density at radius 1 is 0.846 bits per heavy atom. The Kier molecular flexibility index (Phi) is 4.71. The smallest absolute Gasteiger partial charge is 0.228 e. The van der Waals surface area contributed by atoms with E-state index in [0.717, 1.165) is 16.8 Å². The summed E-state index contributed by atoms with van der Waals surface area (Å²) in [5.74, 6) is 0.126. The number of benzene rings is 3. The van der Waals surface area contributed by atoms with Crippen LogP contribution in [0.2, 0.25) is 10.0 Å². The topological polar surface area (TPSA) is 20.3 Å². The second-order valence-corrected chi connectivity index (χ2v) is 7.26. The number of halogens is 2. The van der Waals surface area contributed by atoms with Crippen molar-refractivity contribution in [2.75, 3.05) is 4.90 Å². The third kappa shape index (κ3) is 3.23. The van der Waals surface area contributed by atoms with Crippen molar-refractivity contribution in [2.45, 2.75) is 18.9 Å². The van der Waals surface area contributed by atoms with Gasteiger partial charge < -0.3 is 4.90 Å². The van der Waals surface area contributed by atoms with Crippen LogP contribution in [0.1, 0.15) is 29.0 Å². The molecular formula is C22H17Cl2NO. The minimum Gasteiger partial charge on any atom is -0.308 e. The van der Waals surface area contributed by atoms with E-state index in [1.165, 1.54) is 5.56 Å². The van der Waals surface area contributed by atoms with Gasteiger partial charge in [-0.3, -0.25) is 4.79 Å². The van der Waals surface area contributed by atoms with E-state index in [1.807, 2.05) is 36.4 Å². The number of nitrogens with zero attached hydrogens (tertiary/aromatic N) is 1. The molecule has 4 heteroatoms. The molecule has 0 aromatic heterocycles. The van der Waals surface area contributed by atoms with Crippen molar-refractivity contribution < 1.29 is 4.79 Å². The van der Waals surface area contributed by atoms with Crippen LogP contribution in [0.3, 0.4) is 0 Å². The van der Waals surface area contributed by atoms with Crippen LogP contribution >= 0.6 is 23.2 Å². The highest BCUT2D eigenvalue weighted by atomic mass is 35.5. The van der Waals surface area contributed by atoms with Gasteiger partial charge in [-0.05, 0) is 34.9 Å². The molecular weight excluding hydrogens is 365 g/mol. The molecule has 1 amide bonds. The van der Waals surface area contributed by atoms with Crippen LogP contribution in [0, 0.1) is 0 Å². The lowest BCUT2D eigenvalue weighted by Crippen LogP contribution is -2.29. The third-order valence-electron chi connectivity index (χ3n) is 4.86. The standard InChI is InChI=1S/C22H17Cl2NO/c23-20-11-10-17(12-21(20)24)25-14-16-8-4-5-9-18(16)19(13-22(25)26)15-6-2-1-3-7-15/h1-12,19H,13-14H2. The lowest BCUT2D eigenvalue weighted by Gasteiger charge is -2.22. The van der Waals surface area contributed by atoms with Gasteiger partial charge in [-0.2, -0.15) is 0 Å². The molecule has 4 rings (SSSR count). The first kappa shape index (κ1) is 17.1. The van der Waals surface area contributed by atoms with Gasteiger partial charge >= 0.3 is 0 Å². The minimum absolute atomic E-state index is 0.0488. The van der Waals surface area contributed by atoms with Crippen molar-refractivity contribution in [3.05, 3.63) is 99.5 Å². The molecule has 130 valence electrons. The lowest BCUT2D eigenvalue weighted by molar-refractivity contribution is -0.118. The van der Waals surface area contributed by atoms with Crippen LogP contribution in [-0.2, 0) is 11.3 Å². The molecule has 3 aromatic rings. The van der Waals surface area contributed by atoms with Crippen LogP contribution in [0.5, 0.6) is 0 Å². The van der Waals surface area contributed by atoms with Crippen molar-refractivity contribution in [2.24, 2.45) is 0 Å². The highest BCUT2D eigenvalue weighted by Gasteiger charge is 2.29. The van der Waals surface area contributed by atoms with Gasteiger partial charge in [0.15, 0.2) is 0 Å². The zero-order valence-electron chi connectivity index (χ0n) is 14.0. The van der Waals surface area contributed by atoms with E-state index in [0.29, 0.717) is 23.0 Å². The predicted octanol–water partition coefficient (Wildman–Crippen LogP) is 6.06. The Balaban J connectivity index is 1.79. The van der Waals surface area contributed by atoms with Gasteiger partial charge in [0.2, 0.25) is 5.91 Å². The summed E-state index contributed by atoms with van der Waals surface area (Å²) in [5.41, 5.74) is 4.28. The molecule has 0 aliphatic carbocycles. The fraction of sp³-hybridized carbons (Fsp3) is 0.136. The minimum atomic E-state index is 0.0488. The molecule has 2 nitrogen and oxygen atoms in total. The summed E-state index contributed by atoms with van der Waals surface area (Å²) in [6, 6.07) is 23.8. The molecule has 0 spiro atoms. The summed E-state index contributed by atoms with van der Waals surface area (Å²) < 4.78 is 0. The fourth-order valence-corrected chi connectivity index (χ4v) is 3.83. The Morgan fingerprint density at radius 3 is 2.35 bits per heavy atom. The van der Waals surface area contributed by atoms with Crippen LogP contribution in [0.4, 0.5) is 5.69 Å². The first-order chi connectivity index (χ1) is 12.6. The van der Waals surface area contributed by atoms with Crippen molar-refractivity contribution >= 4 is 34.8 Å². The van der Waals surface area contributed by atoms with E-state index in [9.17, 15) is 4.79 Å². The first-order valence-corrected chi connectivity index (χ1v) is 9.27. The number of fused-ring (bicyclic) bond motifs is 1. The summed E-state index contributed by atoms with van der Waals surface area (Å²) >= 11 is 12.2. The van der Waals surface area contributed by atoms with Gasteiger partial charge in [-0.25, -0.2) is 0 Å². The Labute approximate surface area is 163 Å². The molecule has 3 aromatic carbocycles. The van der Waals surface area contributed by atoms with Crippen LogP contribution < -0.4 is 4.90 Å². The van der Waals surface area contributed by atoms with Gasteiger partial charge in [-0.15, -0.1) is 0 Å². The van der Waals surface area contributed by atoms with Crippen LogP contribution in [-0.4, -0.2) is 5.91 Å². The molecule has 0 radical (unpaired) electrons. The zero-order chi connectivity index (χ0) is 18.1. The molecule has 1 aliphatic rings. The fourth-order valence-electron chi connectivity index (χ4n) is 3.54. The summed E-state index contributed by atoms with van der Waals surface area (Å²) in [6.07, 6.45) is 0.418. The molecule has 0 N–H and O–H groups in total. The van der Waals surface area contributed by atoms with Crippen molar-refractivity contribution in [3.8, 4) is 0 Å². The number of carbonyl (C=O) groups is 1. The monoisotopic (exact) mass is 381 g/mol.